The van der Waals surface area contributed by atoms with Crippen LogP contribution in [0.25, 0.3) is 6.08 Å². The number of nitrogens with one attached hydrogen (secondary N) is 1. The molecule has 27 heavy (non-hydrogen) atoms. The first-order valence-corrected chi connectivity index (χ1v) is 9.41. The monoisotopic (exact) mass is 415 g/mol. The second kappa shape index (κ2) is 7.53. The molecule has 2 aromatic rings. The summed E-state index contributed by atoms with van der Waals surface area (Å²) in [5.41, 5.74) is 0.477. The smallest absolute Gasteiger partial charge is 0.264 e. The lowest BCUT2D eigenvalue weighted by Gasteiger charge is -2.19. The van der Waals surface area contributed by atoms with Crippen molar-refractivity contribution in [1.29, 1.82) is 0 Å². The van der Waals surface area contributed by atoms with Gasteiger partial charge in [0.05, 0.1) is 9.92 Å². The van der Waals surface area contributed by atoms with Crippen molar-refractivity contribution in [1.82, 2.24) is 4.72 Å². The van der Waals surface area contributed by atoms with Crippen LogP contribution in [0, 0.1) is 11.6 Å². The fraction of sp³-hybridized carbons (Fsp3) is 0.118. The zero-order valence-corrected chi connectivity index (χ0v) is 15.1. The van der Waals surface area contributed by atoms with Crippen LogP contribution in [0.5, 0.6) is 11.5 Å². The van der Waals surface area contributed by atoms with Gasteiger partial charge in [0.25, 0.3) is 15.9 Å². The van der Waals surface area contributed by atoms with Gasteiger partial charge in [0, 0.05) is 6.08 Å². The maximum Gasteiger partial charge on any atom is 0.264 e. The van der Waals surface area contributed by atoms with Crippen LogP contribution >= 0.6 is 11.6 Å². The fourth-order valence-corrected chi connectivity index (χ4v) is 3.50. The molecule has 0 atom stereocenters. The molecule has 0 saturated heterocycles. The van der Waals surface area contributed by atoms with Crippen molar-refractivity contribution in [2.75, 3.05) is 13.2 Å². The van der Waals surface area contributed by atoms with Gasteiger partial charge >= 0.3 is 0 Å². The van der Waals surface area contributed by atoms with Gasteiger partial charge in [-0.2, -0.15) is 0 Å². The van der Waals surface area contributed by atoms with E-state index < -0.39 is 32.5 Å². The van der Waals surface area contributed by atoms with Crippen molar-refractivity contribution in [2.45, 2.75) is 4.90 Å². The first-order valence-electron chi connectivity index (χ1n) is 7.55. The summed E-state index contributed by atoms with van der Waals surface area (Å²) in [6.45, 7) is 0.718. The number of rotatable bonds is 4. The van der Waals surface area contributed by atoms with Gasteiger partial charge in [0.2, 0.25) is 0 Å². The summed E-state index contributed by atoms with van der Waals surface area (Å²) < 4.78 is 62.7. The van der Waals surface area contributed by atoms with Gasteiger partial charge in [-0.1, -0.05) is 11.6 Å². The van der Waals surface area contributed by atoms with Crippen molar-refractivity contribution in [2.24, 2.45) is 0 Å². The first-order chi connectivity index (χ1) is 12.8. The van der Waals surface area contributed by atoms with Gasteiger partial charge < -0.3 is 9.47 Å². The van der Waals surface area contributed by atoms with Crippen LogP contribution in [0.4, 0.5) is 8.78 Å². The Morgan fingerprint density at radius 2 is 1.85 bits per heavy atom. The van der Waals surface area contributed by atoms with Crippen LogP contribution in [-0.2, 0) is 14.8 Å². The highest BCUT2D eigenvalue weighted by atomic mass is 35.5. The predicted octanol–water partition coefficient (Wildman–Crippen LogP) is 2.91. The van der Waals surface area contributed by atoms with Crippen molar-refractivity contribution in [3.05, 3.63) is 58.6 Å². The van der Waals surface area contributed by atoms with Gasteiger partial charge in [-0.05, 0) is 42.0 Å². The Labute approximate surface area is 158 Å². The topological polar surface area (TPSA) is 81.7 Å². The molecule has 0 radical (unpaired) electrons. The normalized spacial score (nSPS) is 13.6. The lowest BCUT2D eigenvalue weighted by atomic mass is 10.2. The Hall–Kier alpha value is -2.65. The van der Waals surface area contributed by atoms with Crippen LogP contribution in [0.2, 0.25) is 5.02 Å². The summed E-state index contributed by atoms with van der Waals surface area (Å²) in [7, 11) is -4.35. The Morgan fingerprint density at radius 3 is 2.59 bits per heavy atom. The fourth-order valence-electron chi connectivity index (χ4n) is 2.27. The molecule has 0 unspecified atom stereocenters. The number of hydrogen-bond acceptors (Lipinski definition) is 5. The quantitative estimate of drug-likeness (QED) is 0.776. The number of amides is 1. The molecule has 0 saturated carbocycles. The van der Waals surface area contributed by atoms with Crippen molar-refractivity contribution in [3.8, 4) is 11.5 Å². The van der Waals surface area contributed by atoms with Crippen LogP contribution < -0.4 is 14.2 Å². The Morgan fingerprint density at radius 1 is 1.11 bits per heavy atom. The number of halogens is 3. The number of benzene rings is 2. The van der Waals surface area contributed by atoms with Gasteiger partial charge in [0.15, 0.2) is 23.1 Å². The van der Waals surface area contributed by atoms with E-state index in [1.165, 1.54) is 12.1 Å². The summed E-state index contributed by atoms with van der Waals surface area (Å²) in [6.07, 6.45) is 2.28. The number of fused-ring (bicyclic) bond motifs is 1. The first kappa shape index (κ1) is 19.1. The van der Waals surface area contributed by atoms with Crippen LogP contribution in [0.3, 0.4) is 0 Å². The van der Waals surface area contributed by atoms with Gasteiger partial charge in [-0.25, -0.2) is 21.9 Å². The molecule has 1 amide bonds. The molecule has 1 heterocycles. The number of hydrogen-bond donors (Lipinski definition) is 1. The minimum atomic E-state index is -4.35. The van der Waals surface area contributed by atoms with Crippen LogP contribution in [0.1, 0.15) is 5.56 Å². The number of ether oxygens (including phenoxy) is 2. The molecule has 0 aliphatic carbocycles. The molecule has 2 aromatic carbocycles. The third kappa shape index (κ3) is 4.37. The Bertz CT molecular complexity index is 1040. The zero-order chi connectivity index (χ0) is 19.6. The summed E-state index contributed by atoms with van der Waals surface area (Å²) >= 11 is 6.08. The molecule has 10 heteroatoms. The predicted molar refractivity (Wildman–Crippen MR) is 93.2 cm³/mol. The molecule has 0 spiro atoms. The number of sulfonamides is 1. The van der Waals surface area contributed by atoms with E-state index >= 15 is 0 Å². The maximum absolute atomic E-state index is 13.2. The lowest BCUT2D eigenvalue weighted by molar-refractivity contribution is -0.114. The van der Waals surface area contributed by atoms with E-state index in [0.717, 1.165) is 12.1 Å². The Kier molecular flexibility index (Phi) is 5.33. The molecule has 1 aliphatic heterocycles. The molecule has 6 nitrogen and oxygen atoms in total. The molecular weight excluding hydrogens is 404 g/mol. The van der Waals surface area contributed by atoms with E-state index in [1.807, 2.05) is 0 Å². The van der Waals surface area contributed by atoms with E-state index in [2.05, 4.69) is 0 Å². The van der Waals surface area contributed by atoms with Gasteiger partial charge in [-0.15, -0.1) is 0 Å². The largest absolute Gasteiger partial charge is 0.486 e. The average Bonchev–Trinajstić information content (AvgIpc) is 2.62. The minimum Gasteiger partial charge on any atom is -0.486 e. The molecule has 142 valence electrons. The van der Waals surface area contributed by atoms with Crippen molar-refractivity contribution >= 4 is 33.6 Å². The summed E-state index contributed by atoms with van der Waals surface area (Å²) in [4.78, 5) is 11.3. The third-order valence-corrected chi connectivity index (χ3v) is 5.11. The van der Waals surface area contributed by atoms with E-state index in [4.69, 9.17) is 21.1 Å². The van der Waals surface area contributed by atoms with E-state index in [1.54, 1.807) is 10.8 Å². The molecular formula is C17H12ClF2NO5S. The zero-order valence-electron chi connectivity index (χ0n) is 13.5. The highest BCUT2D eigenvalue weighted by molar-refractivity contribution is 7.90. The minimum absolute atomic E-state index is 0.279. The van der Waals surface area contributed by atoms with E-state index in [0.29, 0.717) is 42.4 Å². The second-order valence-corrected chi connectivity index (χ2v) is 7.50. The summed E-state index contributed by atoms with van der Waals surface area (Å²) in [5.74, 6) is -2.72. The highest BCUT2D eigenvalue weighted by Gasteiger charge is 2.19. The second-order valence-electron chi connectivity index (χ2n) is 5.41. The van der Waals surface area contributed by atoms with Crippen molar-refractivity contribution < 1.29 is 31.5 Å². The lowest BCUT2D eigenvalue weighted by Crippen LogP contribution is -2.29. The number of carbonyl (C=O) groups excluding carboxylic acids is 1. The standard InChI is InChI=1S/C17H12ClF2NO5S/c18-12-7-10(8-15-17(12)26-6-5-25-15)1-4-16(22)21-27(23,24)11-2-3-13(19)14(20)9-11/h1-4,7-9H,5-6H2,(H,21,22)/b4-1+. The van der Waals surface area contributed by atoms with Gasteiger partial charge in [0.1, 0.15) is 13.2 Å². The van der Waals surface area contributed by atoms with Gasteiger partial charge in [-0.3, -0.25) is 4.79 Å². The molecule has 0 fully saturated rings. The molecule has 1 N–H and O–H groups in total. The highest BCUT2D eigenvalue weighted by Crippen LogP contribution is 2.38. The third-order valence-electron chi connectivity index (χ3n) is 3.48. The van der Waals surface area contributed by atoms with E-state index in [9.17, 15) is 22.0 Å². The molecule has 3 rings (SSSR count). The SMILES string of the molecule is O=C(/C=C/c1cc(Cl)c2c(c1)OCCO2)NS(=O)(=O)c1ccc(F)c(F)c1. The van der Waals surface area contributed by atoms with E-state index in [-0.39, 0.29) is 5.02 Å². The summed E-state index contributed by atoms with van der Waals surface area (Å²) in [5, 5.41) is 0.279. The molecule has 0 aromatic heterocycles. The van der Waals surface area contributed by atoms with Crippen LogP contribution in [-0.4, -0.2) is 27.5 Å². The Balaban J connectivity index is 1.75. The summed E-state index contributed by atoms with van der Waals surface area (Å²) in [6, 6.07) is 5.08. The van der Waals surface area contributed by atoms with Crippen LogP contribution in [0.15, 0.2) is 41.3 Å². The molecule has 1 aliphatic rings. The average molecular weight is 416 g/mol. The molecule has 0 bridgehead atoms. The maximum atomic E-state index is 13.2. The number of carbonyl (C=O) groups is 1. The van der Waals surface area contributed by atoms with Crippen molar-refractivity contribution in [3.63, 3.8) is 0 Å².